The van der Waals surface area contributed by atoms with Crippen LogP contribution in [-0.4, -0.2) is 25.7 Å². The van der Waals surface area contributed by atoms with Gasteiger partial charge in [-0.1, -0.05) is 123 Å². The number of hydrogen-bond acceptors (Lipinski definition) is 0. The first-order valence-electron chi connectivity index (χ1n) is 8.75. The third-order valence-corrected chi connectivity index (χ3v) is 6.89. The van der Waals surface area contributed by atoms with Crippen molar-refractivity contribution < 1.29 is 0 Å². The van der Waals surface area contributed by atoms with Crippen LogP contribution >= 0.6 is 0 Å². The maximum Gasteiger partial charge on any atom is 0.0775 e. The second kappa shape index (κ2) is 11.6. The maximum atomic E-state index is 2.36. The van der Waals surface area contributed by atoms with E-state index < -0.39 is 16.9 Å². The summed E-state index contributed by atoms with van der Waals surface area (Å²) in [5.74, 6) is 0. The van der Waals surface area contributed by atoms with Gasteiger partial charge in [0.15, 0.2) is 0 Å². The Morgan fingerprint density at radius 3 is 1.17 bits per heavy atom. The van der Waals surface area contributed by atoms with Gasteiger partial charge < -0.3 is 0 Å². The molecular formula is C20H36Si3. The standard InChI is InChI=1S/C9H14Si.C8H12Si.C3H10Si/c1-10(2,3)9-7-5-4-6-8-9;1-9(2)8-6-4-3-5-7-8;1-4(2)3/h4-8H,1-3H3;3-7,9H,1-2H3;4H,1-3H3. The molecule has 2 aromatic carbocycles. The molecule has 0 nitrogen and oxygen atoms in total. The van der Waals surface area contributed by atoms with E-state index in [1.165, 1.54) is 5.19 Å². The minimum atomic E-state index is -1.03. The quantitative estimate of drug-likeness (QED) is 0.680. The highest BCUT2D eigenvalue weighted by atomic mass is 28.3. The fourth-order valence-electron chi connectivity index (χ4n) is 1.78. The van der Waals surface area contributed by atoms with E-state index >= 15 is 0 Å². The Kier molecular flexibility index (Phi) is 11.1. The molecule has 0 saturated carbocycles. The van der Waals surface area contributed by atoms with E-state index in [1.807, 2.05) is 0 Å². The summed E-state index contributed by atoms with van der Waals surface area (Å²) in [6.45, 7) is 18.7. The lowest BCUT2D eigenvalue weighted by molar-refractivity contribution is 1.68. The summed E-state index contributed by atoms with van der Waals surface area (Å²) < 4.78 is 0. The third kappa shape index (κ3) is 12.2. The molecule has 23 heavy (non-hydrogen) atoms. The van der Waals surface area contributed by atoms with E-state index in [4.69, 9.17) is 0 Å². The lowest BCUT2D eigenvalue weighted by Crippen LogP contribution is -2.37. The topological polar surface area (TPSA) is 0 Å². The van der Waals surface area contributed by atoms with Crippen LogP contribution in [0.3, 0.4) is 0 Å². The molecule has 0 fully saturated rings. The van der Waals surface area contributed by atoms with Gasteiger partial charge in [0.1, 0.15) is 0 Å². The Morgan fingerprint density at radius 2 is 0.957 bits per heavy atom. The molecule has 0 N–H and O–H groups in total. The first-order chi connectivity index (χ1) is 10.6. The van der Waals surface area contributed by atoms with Crippen LogP contribution in [0.4, 0.5) is 0 Å². The molecule has 0 bridgehead atoms. The number of hydrogen-bond donors (Lipinski definition) is 0. The lowest BCUT2D eigenvalue weighted by Gasteiger charge is -2.15. The predicted molar refractivity (Wildman–Crippen MR) is 119 cm³/mol. The van der Waals surface area contributed by atoms with Gasteiger partial charge in [0, 0.05) is 8.80 Å². The van der Waals surface area contributed by atoms with Gasteiger partial charge in [-0.25, -0.2) is 0 Å². The van der Waals surface area contributed by atoms with E-state index in [2.05, 4.69) is 113 Å². The van der Waals surface area contributed by atoms with Crippen LogP contribution in [0.25, 0.3) is 0 Å². The normalized spacial score (nSPS) is 10.5. The smallest absolute Gasteiger partial charge is 0.0724 e. The molecule has 0 heterocycles. The second-order valence-electron chi connectivity index (χ2n) is 7.91. The summed E-state index contributed by atoms with van der Waals surface area (Å²) in [6, 6.07) is 21.5. The highest BCUT2D eigenvalue weighted by Gasteiger charge is 2.14. The van der Waals surface area contributed by atoms with Crippen molar-refractivity contribution in [3.05, 3.63) is 60.7 Å². The SMILES string of the molecule is C[SiH](C)C.C[SiH](C)c1ccccc1.C[Si](C)(C)c1ccccc1. The summed E-state index contributed by atoms with van der Waals surface area (Å²) >= 11 is 0. The van der Waals surface area contributed by atoms with Crippen molar-refractivity contribution in [1.82, 2.24) is 0 Å². The Morgan fingerprint density at radius 1 is 0.609 bits per heavy atom. The minimum absolute atomic E-state index is 0.139. The highest BCUT2D eigenvalue weighted by molar-refractivity contribution is 6.88. The van der Waals surface area contributed by atoms with E-state index in [0.717, 1.165) is 0 Å². The van der Waals surface area contributed by atoms with Crippen LogP contribution in [0, 0.1) is 0 Å². The summed E-state index contributed by atoms with van der Waals surface area (Å²) in [6.07, 6.45) is 0. The van der Waals surface area contributed by atoms with Crippen LogP contribution < -0.4 is 10.4 Å². The van der Waals surface area contributed by atoms with E-state index in [0.29, 0.717) is 0 Å². The molecule has 2 aromatic rings. The molecule has 0 aliphatic carbocycles. The fourth-order valence-corrected chi connectivity index (χ4v) is 3.96. The first kappa shape index (κ1) is 22.1. The molecule has 0 atom stereocenters. The van der Waals surface area contributed by atoms with Crippen LogP contribution in [0.2, 0.25) is 52.4 Å². The van der Waals surface area contributed by atoms with Crippen molar-refractivity contribution in [2.75, 3.05) is 0 Å². The van der Waals surface area contributed by atoms with Gasteiger partial charge in [0.2, 0.25) is 0 Å². The van der Waals surface area contributed by atoms with Gasteiger partial charge >= 0.3 is 0 Å². The van der Waals surface area contributed by atoms with Crippen LogP contribution in [0.5, 0.6) is 0 Å². The van der Waals surface area contributed by atoms with Gasteiger partial charge in [0.25, 0.3) is 0 Å². The van der Waals surface area contributed by atoms with Crippen molar-refractivity contribution in [3.8, 4) is 0 Å². The van der Waals surface area contributed by atoms with Crippen molar-refractivity contribution in [1.29, 1.82) is 0 Å². The Labute approximate surface area is 149 Å². The lowest BCUT2D eigenvalue weighted by atomic mass is 10.4. The van der Waals surface area contributed by atoms with Crippen LogP contribution in [0.1, 0.15) is 0 Å². The monoisotopic (exact) mass is 360 g/mol. The van der Waals surface area contributed by atoms with Crippen molar-refractivity contribution in [3.63, 3.8) is 0 Å². The van der Waals surface area contributed by atoms with Gasteiger partial charge in [-0.15, -0.1) is 0 Å². The molecule has 128 valence electrons. The minimum Gasteiger partial charge on any atom is -0.0724 e. The summed E-state index contributed by atoms with van der Waals surface area (Å²) in [7, 11) is -1.70. The average Bonchev–Trinajstić information content (AvgIpc) is 2.48. The third-order valence-electron chi connectivity index (χ3n) is 3.11. The summed E-state index contributed by atoms with van der Waals surface area (Å²) in [5.41, 5.74) is 0. The Hall–Kier alpha value is -0.909. The molecule has 0 spiro atoms. The van der Waals surface area contributed by atoms with E-state index in [-0.39, 0.29) is 8.80 Å². The highest BCUT2D eigenvalue weighted by Crippen LogP contribution is 2.00. The molecule has 0 saturated heterocycles. The average molecular weight is 361 g/mol. The zero-order valence-corrected chi connectivity index (χ0v) is 19.7. The molecule has 3 heteroatoms. The molecule has 0 aliphatic rings. The first-order valence-corrected chi connectivity index (χ1v) is 18.6. The Balaban J connectivity index is 0.000000345. The largest absolute Gasteiger partial charge is 0.0775 e. The second-order valence-corrected chi connectivity index (χ2v) is 19.4. The van der Waals surface area contributed by atoms with Gasteiger partial charge in [-0.05, 0) is 0 Å². The molecule has 0 unspecified atom stereocenters. The van der Waals surface area contributed by atoms with Gasteiger partial charge in [0.05, 0.1) is 16.9 Å². The molecule has 2 rings (SSSR count). The molecule has 0 aliphatic heterocycles. The maximum absolute atomic E-state index is 2.36. The zero-order chi connectivity index (χ0) is 17.9. The van der Waals surface area contributed by atoms with E-state index in [1.54, 1.807) is 5.19 Å². The van der Waals surface area contributed by atoms with E-state index in [9.17, 15) is 0 Å². The van der Waals surface area contributed by atoms with Gasteiger partial charge in [-0.3, -0.25) is 0 Å². The summed E-state index contributed by atoms with van der Waals surface area (Å²) in [5, 5.41) is 3.09. The van der Waals surface area contributed by atoms with Crippen molar-refractivity contribution in [2.45, 2.75) is 52.4 Å². The predicted octanol–water partition coefficient (Wildman–Crippen LogP) is 4.72. The molecule has 0 radical (unpaired) electrons. The van der Waals surface area contributed by atoms with Gasteiger partial charge in [-0.2, -0.15) is 0 Å². The molecular weight excluding hydrogens is 324 g/mol. The fraction of sp³-hybridized carbons (Fsp3) is 0.400. The number of rotatable bonds is 2. The molecule has 0 aromatic heterocycles. The summed E-state index contributed by atoms with van der Waals surface area (Å²) in [4.78, 5) is 0. The van der Waals surface area contributed by atoms with Crippen LogP contribution in [-0.2, 0) is 0 Å². The van der Waals surface area contributed by atoms with Crippen molar-refractivity contribution >= 4 is 36.0 Å². The zero-order valence-electron chi connectivity index (χ0n) is 16.4. The van der Waals surface area contributed by atoms with Crippen LogP contribution in [0.15, 0.2) is 60.7 Å². The van der Waals surface area contributed by atoms with Crippen molar-refractivity contribution in [2.24, 2.45) is 0 Å². The molecule has 0 amide bonds. The number of benzene rings is 2. The Bertz CT molecular complexity index is 497.